The summed E-state index contributed by atoms with van der Waals surface area (Å²) in [6, 6.07) is 13.6. The number of nitrogens with zero attached hydrogens (tertiary/aromatic N) is 1. The summed E-state index contributed by atoms with van der Waals surface area (Å²) in [7, 11) is 0. The summed E-state index contributed by atoms with van der Waals surface area (Å²) in [6.07, 6.45) is 0. The minimum absolute atomic E-state index is 0.115. The van der Waals surface area contributed by atoms with E-state index in [0.29, 0.717) is 30.0 Å². The average Bonchev–Trinajstić information content (AvgIpc) is 3.02. The second-order valence-corrected chi connectivity index (χ2v) is 5.64. The summed E-state index contributed by atoms with van der Waals surface area (Å²) in [5.74, 6) is -0.412. The highest BCUT2D eigenvalue weighted by atomic mass is 16.2. The summed E-state index contributed by atoms with van der Waals surface area (Å²) in [5, 5.41) is 8.20. The monoisotopic (exact) mass is 338 g/mol. The van der Waals surface area contributed by atoms with Crippen molar-refractivity contribution >= 4 is 34.9 Å². The van der Waals surface area contributed by atoms with Crippen LogP contribution in [0.5, 0.6) is 0 Å². The second kappa shape index (κ2) is 7.04. The molecule has 0 saturated carbocycles. The highest BCUT2D eigenvalue weighted by Gasteiger charge is 2.20. The van der Waals surface area contributed by atoms with Crippen LogP contribution in [0.2, 0.25) is 0 Å². The standard InChI is InChI=1S/C18H18N4O3/c1-12(23)20-14-4-2-13(3-5-14)17(24)21-15-6-8-16(9-7-15)22-11-10-19-18(22)25/h2-9H,10-11H2,1H3,(H,19,25)(H,20,23)(H,21,24). The molecule has 0 aliphatic carbocycles. The summed E-state index contributed by atoms with van der Waals surface area (Å²) in [6.45, 7) is 2.69. The zero-order valence-electron chi connectivity index (χ0n) is 13.7. The van der Waals surface area contributed by atoms with Crippen molar-refractivity contribution in [2.24, 2.45) is 0 Å². The van der Waals surface area contributed by atoms with Crippen molar-refractivity contribution in [1.82, 2.24) is 5.32 Å². The number of amides is 4. The van der Waals surface area contributed by atoms with Crippen LogP contribution in [0.4, 0.5) is 21.9 Å². The van der Waals surface area contributed by atoms with Crippen LogP contribution in [0.15, 0.2) is 48.5 Å². The Kier molecular flexibility index (Phi) is 4.65. The Hall–Kier alpha value is -3.35. The Labute approximate surface area is 145 Å². The molecule has 7 heteroatoms. The molecule has 0 unspecified atom stereocenters. The Morgan fingerprint density at radius 1 is 0.960 bits per heavy atom. The van der Waals surface area contributed by atoms with Crippen LogP contribution < -0.4 is 20.9 Å². The smallest absolute Gasteiger partial charge is 0.321 e. The number of benzene rings is 2. The number of rotatable bonds is 4. The average molecular weight is 338 g/mol. The maximum Gasteiger partial charge on any atom is 0.321 e. The third kappa shape index (κ3) is 3.95. The molecule has 1 aliphatic rings. The number of hydrogen-bond acceptors (Lipinski definition) is 3. The fourth-order valence-corrected chi connectivity index (χ4v) is 2.55. The largest absolute Gasteiger partial charge is 0.336 e. The summed E-state index contributed by atoms with van der Waals surface area (Å²) >= 11 is 0. The number of carbonyl (C=O) groups excluding carboxylic acids is 3. The molecular formula is C18H18N4O3. The van der Waals surface area contributed by atoms with Gasteiger partial charge in [0.25, 0.3) is 5.91 Å². The van der Waals surface area contributed by atoms with E-state index in [4.69, 9.17) is 0 Å². The molecule has 4 amide bonds. The predicted octanol–water partition coefficient (Wildman–Crippen LogP) is 2.43. The van der Waals surface area contributed by atoms with Gasteiger partial charge in [-0.3, -0.25) is 14.5 Å². The first-order chi connectivity index (χ1) is 12.0. The van der Waals surface area contributed by atoms with E-state index < -0.39 is 0 Å². The van der Waals surface area contributed by atoms with E-state index in [1.165, 1.54) is 6.92 Å². The second-order valence-electron chi connectivity index (χ2n) is 5.64. The van der Waals surface area contributed by atoms with Gasteiger partial charge in [-0.1, -0.05) is 0 Å². The molecule has 1 fully saturated rings. The first-order valence-electron chi connectivity index (χ1n) is 7.87. The van der Waals surface area contributed by atoms with Gasteiger partial charge in [0, 0.05) is 42.6 Å². The first-order valence-corrected chi connectivity index (χ1v) is 7.87. The maximum atomic E-state index is 12.3. The van der Waals surface area contributed by atoms with Gasteiger partial charge in [0.1, 0.15) is 0 Å². The third-order valence-electron chi connectivity index (χ3n) is 3.76. The molecule has 3 N–H and O–H groups in total. The van der Waals surface area contributed by atoms with E-state index >= 15 is 0 Å². The molecule has 128 valence electrons. The van der Waals surface area contributed by atoms with Gasteiger partial charge < -0.3 is 16.0 Å². The molecule has 1 aliphatic heterocycles. The van der Waals surface area contributed by atoms with Gasteiger partial charge in [0.05, 0.1) is 0 Å². The van der Waals surface area contributed by atoms with Crippen molar-refractivity contribution in [3.8, 4) is 0 Å². The summed E-state index contributed by atoms with van der Waals surface area (Å²) in [5.41, 5.74) is 2.54. The van der Waals surface area contributed by atoms with Crippen LogP contribution in [0.25, 0.3) is 0 Å². The molecule has 0 aromatic heterocycles. The van der Waals surface area contributed by atoms with Gasteiger partial charge in [0.15, 0.2) is 0 Å². The summed E-state index contributed by atoms with van der Waals surface area (Å²) in [4.78, 5) is 36.5. The molecule has 25 heavy (non-hydrogen) atoms. The molecule has 0 atom stereocenters. The number of anilines is 3. The zero-order chi connectivity index (χ0) is 17.8. The fourth-order valence-electron chi connectivity index (χ4n) is 2.55. The highest BCUT2D eigenvalue weighted by Crippen LogP contribution is 2.20. The van der Waals surface area contributed by atoms with E-state index in [0.717, 1.165) is 5.69 Å². The quantitative estimate of drug-likeness (QED) is 0.800. The van der Waals surface area contributed by atoms with E-state index in [1.807, 2.05) is 0 Å². The lowest BCUT2D eigenvalue weighted by molar-refractivity contribution is -0.114. The van der Waals surface area contributed by atoms with Crippen LogP contribution in [-0.4, -0.2) is 30.9 Å². The van der Waals surface area contributed by atoms with E-state index in [9.17, 15) is 14.4 Å². The van der Waals surface area contributed by atoms with E-state index in [1.54, 1.807) is 53.4 Å². The SMILES string of the molecule is CC(=O)Nc1ccc(C(=O)Nc2ccc(N3CCNC3=O)cc2)cc1. The lowest BCUT2D eigenvalue weighted by Crippen LogP contribution is -2.27. The minimum atomic E-state index is -0.249. The van der Waals surface area contributed by atoms with Crippen molar-refractivity contribution in [3.63, 3.8) is 0 Å². The van der Waals surface area contributed by atoms with Gasteiger partial charge in [-0.2, -0.15) is 0 Å². The van der Waals surface area contributed by atoms with Gasteiger partial charge in [-0.25, -0.2) is 4.79 Å². The summed E-state index contributed by atoms with van der Waals surface area (Å²) < 4.78 is 0. The van der Waals surface area contributed by atoms with E-state index in [2.05, 4.69) is 16.0 Å². The number of carbonyl (C=O) groups is 3. The predicted molar refractivity (Wildman–Crippen MR) is 95.9 cm³/mol. The molecule has 2 aromatic carbocycles. The van der Waals surface area contributed by atoms with Crippen molar-refractivity contribution in [1.29, 1.82) is 0 Å². The molecule has 3 rings (SSSR count). The highest BCUT2D eigenvalue weighted by molar-refractivity contribution is 6.05. The Bertz CT molecular complexity index is 800. The topological polar surface area (TPSA) is 90.5 Å². The van der Waals surface area contributed by atoms with Crippen molar-refractivity contribution < 1.29 is 14.4 Å². The van der Waals surface area contributed by atoms with Gasteiger partial charge in [0.2, 0.25) is 5.91 Å². The van der Waals surface area contributed by atoms with Crippen LogP contribution in [0, 0.1) is 0 Å². The van der Waals surface area contributed by atoms with Gasteiger partial charge in [-0.05, 0) is 48.5 Å². The Morgan fingerprint density at radius 2 is 1.56 bits per heavy atom. The van der Waals surface area contributed by atoms with Crippen molar-refractivity contribution in [2.45, 2.75) is 6.92 Å². The first kappa shape index (κ1) is 16.5. The normalized spacial score (nSPS) is 13.3. The maximum absolute atomic E-state index is 12.3. The molecule has 7 nitrogen and oxygen atoms in total. The number of nitrogens with one attached hydrogen (secondary N) is 3. The number of hydrogen-bond donors (Lipinski definition) is 3. The van der Waals surface area contributed by atoms with Gasteiger partial charge in [-0.15, -0.1) is 0 Å². The number of urea groups is 1. The molecule has 0 radical (unpaired) electrons. The Balaban J connectivity index is 1.64. The molecule has 1 saturated heterocycles. The van der Waals surface area contributed by atoms with Crippen LogP contribution in [0.3, 0.4) is 0 Å². The van der Waals surface area contributed by atoms with E-state index in [-0.39, 0.29) is 17.8 Å². The van der Waals surface area contributed by atoms with Gasteiger partial charge >= 0.3 is 6.03 Å². The lowest BCUT2D eigenvalue weighted by Gasteiger charge is -2.14. The molecular weight excluding hydrogens is 320 g/mol. The van der Waals surface area contributed by atoms with Crippen LogP contribution in [-0.2, 0) is 4.79 Å². The molecule has 0 spiro atoms. The Morgan fingerprint density at radius 3 is 2.12 bits per heavy atom. The molecule has 1 heterocycles. The van der Waals surface area contributed by atoms with Crippen molar-refractivity contribution in [3.05, 3.63) is 54.1 Å². The minimum Gasteiger partial charge on any atom is -0.336 e. The van der Waals surface area contributed by atoms with Crippen LogP contribution in [0.1, 0.15) is 17.3 Å². The fraction of sp³-hybridized carbons (Fsp3) is 0.167. The molecule has 0 bridgehead atoms. The van der Waals surface area contributed by atoms with Crippen molar-refractivity contribution in [2.75, 3.05) is 28.6 Å². The third-order valence-corrected chi connectivity index (χ3v) is 3.76. The zero-order valence-corrected chi connectivity index (χ0v) is 13.7. The molecule has 2 aromatic rings. The van der Waals surface area contributed by atoms with Crippen LogP contribution >= 0.6 is 0 Å². The lowest BCUT2D eigenvalue weighted by atomic mass is 10.2.